The van der Waals surface area contributed by atoms with Crippen molar-refractivity contribution in [3.8, 4) is 0 Å². The number of hydrogen-bond acceptors (Lipinski definition) is 3. The Morgan fingerprint density at radius 3 is 2.58 bits per heavy atom. The minimum Gasteiger partial charge on any atom is -0.380 e. The average Bonchev–Trinajstić information content (AvgIpc) is 2.31. The number of rotatable bonds is 3. The molecule has 0 aromatic carbocycles. The maximum Gasteiger partial charge on any atom is 0.209 e. The van der Waals surface area contributed by atoms with Crippen LogP contribution in [0.1, 0.15) is 19.3 Å². The number of ether oxygens (including phenoxy) is 1. The maximum atomic E-state index is 10.9. The van der Waals surface area contributed by atoms with Crippen molar-refractivity contribution < 1.29 is 13.2 Å². The normalized spacial score (nSPS) is 30.8. The topological polar surface area (TPSA) is 55.4 Å². The maximum absolute atomic E-state index is 10.9. The highest BCUT2D eigenvalue weighted by atomic mass is 32.2. The largest absolute Gasteiger partial charge is 0.380 e. The van der Waals surface area contributed by atoms with Gasteiger partial charge in [0, 0.05) is 13.2 Å². The van der Waals surface area contributed by atoms with Crippen molar-refractivity contribution in [2.75, 3.05) is 13.4 Å². The van der Waals surface area contributed by atoms with E-state index in [0.29, 0.717) is 0 Å². The summed E-state index contributed by atoms with van der Waals surface area (Å²) in [5.41, 5.74) is 0. The van der Waals surface area contributed by atoms with Gasteiger partial charge in [0.2, 0.25) is 10.0 Å². The molecule has 12 heavy (non-hydrogen) atoms. The second-order valence-corrected chi connectivity index (χ2v) is 4.98. The molecule has 1 N–H and O–H groups in total. The molecular weight excluding hydrogens is 178 g/mol. The van der Waals surface area contributed by atoms with Gasteiger partial charge in [0.05, 0.1) is 12.4 Å². The van der Waals surface area contributed by atoms with Crippen molar-refractivity contribution in [3.63, 3.8) is 0 Å². The molecule has 0 heterocycles. The van der Waals surface area contributed by atoms with Gasteiger partial charge in [-0.05, 0) is 19.3 Å². The van der Waals surface area contributed by atoms with Gasteiger partial charge < -0.3 is 4.74 Å². The molecule has 1 fully saturated rings. The highest BCUT2D eigenvalue weighted by molar-refractivity contribution is 7.88. The van der Waals surface area contributed by atoms with Gasteiger partial charge in [-0.15, -0.1) is 0 Å². The predicted octanol–water partition coefficient (Wildman–Crippen LogP) is 0.103. The van der Waals surface area contributed by atoms with E-state index in [1.165, 1.54) is 6.26 Å². The third kappa shape index (κ3) is 2.73. The highest BCUT2D eigenvalue weighted by Gasteiger charge is 2.28. The van der Waals surface area contributed by atoms with Crippen LogP contribution in [0.15, 0.2) is 0 Å². The van der Waals surface area contributed by atoms with Crippen molar-refractivity contribution in [2.45, 2.75) is 31.4 Å². The molecule has 5 heteroatoms. The third-order valence-electron chi connectivity index (χ3n) is 2.12. The van der Waals surface area contributed by atoms with Gasteiger partial charge in [0.15, 0.2) is 0 Å². The first-order valence-electron chi connectivity index (χ1n) is 4.03. The zero-order chi connectivity index (χ0) is 9.19. The van der Waals surface area contributed by atoms with Gasteiger partial charge in [-0.2, -0.15) is 0 Å². The molecule has 1 rings (SSSR count). The Labute approximate surface area is 73.3 Å². The van der Waals surface area contributed by atoms with Crippen LogP contribution in [-0.4, -0.2) is 33.9 Å². The minimum atomic E-state index is -3.08. The SMILES string of the molecule is CO[C@@H]1CCC[C@H]1NS(C)(=O)=O. The van der Waals surface area contributed by atoms with Gasteiger partial charge in [-0.1, -0.05) is 0 Å². The fourth-order valence-electron chi connectivity index (χ4n) is 1.62. The van der Waals surface area contributed by atoms with Crippen LogP contribution in [0.4, 0.5) is 0 Å². The summed E-state index contributed by atoms with van der Waals surface area (Å²) < 4.78 is 29.5. The molecule has 1 aliphatic carbocycles. The molecule has 1 saturated carbocycles. The summed E-state index contributed by atoms with van der Waals surface area (Å²) in [5.74, 6) is 0. The fraction of sp³-hybridized carbons (Fsp3) is 1.00. The third-order valence-corrected chi connectivity index (χ3v) is 2.85. The summed E-state index contributed by atoms with van der Waals surface area (Å²) in [6, 6.07) is -0.0231. The molecule has 0 saturated heterocycles. The van der Waals surface area contributed by atoms with Crippen molar-refractivity contribution in [2.24, 2.45) is 0 Å². The molecule has 0 unspecified atom stereocenters. The fourth-order valence-corrected chi connectivity index (χ4v) is 2.44. The van der Waals surface area contributed by atoms with Crippen molar-refractivity contribution in [3.05, 3.63) is 0 Å². The second kappa shape index (κ2) is 3.72. The van der Waals surface area contributed by atoms with Gasteiger partial charge in [-0.25, -0.2) is 13.1 Å². The Hall–Kier alpha value is -0.130. The lowest BCUT2D eigenvalue weighted by atomic mass is 10.2. The zero-order valence-corrected chi connectivity index (χ0v) is 8.23. The smallest absolute Gasteiger partial charge is 0.209 e. The van der Waals surface area contributed by atoms with Gasteiger partial charge >= 0.3 is 0 Å². The van der Waals surface area contributed by atoms with Crippen LogP contribution in [0.25, 0.3) is 0 Å². The summed E-state index contributed by atoms with van der Waals surface area (Å²) in [6.45, 7) is 0. The van der Waals surface area contributed by atoms with E-state index in [4.69, 9.17) is 4.74 Å². The summed E-state index contributed by atoms with van der Waals surface area (Å²) in [6.07, 6.45) is 4.10. The highest BCUT2D eigenvalue weighted by Crippen LogP contribution is 2.21. The molecular formula is C7H15NO3S. The van der Waals surface area contributed by atoms with E-state index >= 15 is 0 Å². The Balaban J connectivity index is 2.52. The van der Waals surface area contributed by atoms with E-state index in [1.54, 1.807) is 7.11 Å². The molecule has 72 valence electrons. The molecule has 0 amide bonds. The molecule has 0 aromatic rings. The average molecular weight is 193 g/mol. The molecule has 0 aromatic heterocycles. The second-order valence-electron chi connectivity index (χ2n) is 3.20. The van der Waals surface area contributed by atoms with Crippen LogP contribution >= 0.6 is 0 Å². The lowest BCUT2D eigenvalue weighted by molar-refractivity contribution is 0.0917. The number of nitrogens with one attached hydrogen (secondary N) is 1. The number of hydrogen-bond donors (Lipinski definition) is 1. The van der Waals surface area contributed by atoms with Gasteiger partial charge in [0.1, 0.15) is 0 Å². The van der Waals surface area contributed by atoms with E-state index in [1.807, 2.05) is 0 Å². The van der Waals surface area contributed by atoms with E-state index in [-0.39, 0.29) is 12.1 Å². The molecule has 0 bridgehead atoms. The Morgan fingerprint density at radius 1 is 1.42 bits per heavy atom. The first kappa shape index (κ1) is 9.95. The molecule has 2 atom stereocenters. The van der Waals surface area contributed by atoms with E-state index in [0.717, 1.165) is 19.3 Å². The van der Waals surface area contributed by atoms with E-state index in [9.17, 15) is 8.42 Å². The number of sulfonamides is 1. The monoisotopic (exact) mass is 193 g/mol. The van der Waals surface area contributed by atoms with E-state index in [2.05, 4.69) is 4.72 Å². The van der Waals surface area contributed by atoms with Gasteiger partial charge in [-0.3, -0.25) is 0 Å². The summed E-state index contributed by atoms with van der Waals surface area (Å²) in [4.78, 5) is 0. The molecule has 0 radical (unpaired) electrons. The van der Waals surface area contributed by atoms with Crippen LogP contribution < -0.4 is 4.72 Å². The van der Waals surface area contributed by atoms with E-state index < -0.39 is 10.0 Å². The zero-order valence-electron chi connectivity index (χ0n) is 7.41. The lowest BCUT2D eigenvalue weighted by Gasteiger charge is -2.17. The summed E-state index contributed by atoms with van der Waals surface area (Å²) >= 11 is 0. The summed E-state index contributed by atoms with van der Waals surface area (Å²) in [5, 5.41) is 0. The van der Waals surface area contributed by atoms with Crippen molar-refractivity contribution >= 4 is 10.0 Å². The van der Waals surface area contributed by atoms with Crippen LogP contribution in [0, 0.1) is 0 Å². The van der Waals surface area contributed by atoms with Crippen LogP contribution in [0.2, 0.25) is 0 Å². The molecule has 0 aliphatic heterocycles. The first-order valence-corrected chi connectivity index (χ1v) is 5.92. The van der Waals surface area contributed by atoms with Crippen LogP contribution in [0.5, 0.6) is 0 Å². The van der Waals surface area contributed by atoms with Crippen LogP contribution in [-0.2, 0) is 14.8 Å². The Bertz CT molecular complexity index is 237. The standard InChI is InChI=1S/C7H15NO3S/c1-11-7-5-3-4-6(7)8-12(2,9)10/h6-8H,3-5H2,1-2H3/t6-,7-/m1/s1. The summed E-state index contributed by atoms with van der Waals surface area (Å²) in [7, 11) is -1.46. The lowest BCUT2D eigenvalue weighted by Crippen LogP contribution is -2.39. The Kier molecular flexibility index (Phi) is 3.09. The van der Waals surface area contributed by atoms with Crippen molar-refractivity contribution in [1.29, 1.82) is 0 Å². The predicted molar refractivity (Wildman–Crippen MR) is 46.4 cm³/mol. The van der Waals surface area contributed by atoms with Crippen LogP contribution in [0.3, 0.4) is 0 Å². The molecule has 0 spiro atoms. The molecule has 4 nitrogen and oxygen atoms in total. The first-order chi connectivity index (χ1) is 5.53. The number of methoxy groups -OCH3 is 1. The molecule has 1 aliphatic rings. The minimum absolute atomic E-state index is 0.0231. The van der Waals surface area contributed by atoms with Gasteiger partial charge in [0.25, 0.3) is 0 Å². The van der Waals surface area contributed by atoms with Crippen molar-refractivity contribution in [1.82, 2.24) is 4.72 Å². The Morgan fingerprint density at radius 2 is 2.08 bits per heavy atom. The quantitative estimate of drug-likeness (QED) is 0.691.